The highest BCUT2D eigenvalue weighted by Gasteiger charge is 2.21. The molecule has 1 saturated heterocycles. The molecule has 0 radical (unpaired) electrons. The summed E-state index contributed by atoms with van der Waals surface area (Å²) in [7, 11) is 0. The maximum atomic E-state index is 12.1. The van der Waals surface area contributed by atoms with Gasteiger partial charge >= 0.3 is 5.97 Å². The number of hydrogen-bond donors (Lipinski definition) is 3. The number of carbonyl (C=O) groups excluding carboxylic acids is 1. The van der Waals surface area contributed by atoms with Gasteiger partial charge in [-0.1, -0.05) is 23.2 Å². The summed E-state index contributed by atoms with van der Waals surface area (Å²) in [6.45, 7) is 4.22. The topological polar surface area (TPSA) is 90.9 Å². The maximum Gasteiger partial charge on any atom is 0.321 e. The Morgan fingerprint density at radius 2 is 1.84 bits per heavy atom. The van der Waals surface area contributed by atoms with Gasteiger partial charge in [-0.25, -0.2) is 0 Å². The van der Waals surface area contributed by atoms with E-state index in [1.54, 1.807) is 18.2 Å². The fraction of sp³-hybridized carbons (Fsp3) is 0.500. The van der Waals surface area contributed by atoms with Crippen LogP contribution in [0.25, 0.3) is 0 Å². The first-order valence-corrected chi connectivity index (χ1v) is 8.72. The number of anilines is 1. The van der Waals surface area contributed by atoms with Crippen LogP contribution in [-0.2, 0) is 14.3 Å². The zero-order chi connectivity index (χ0) is 18.2. The van der Waals surface area contributed by atoms with E-state index in [1.807, 2.05) is 0 Å². The SMILES string of the molecule is O=C(C[C@H](NCCN1CCOCC1)C(=O)O)Nc1cc(Cl)cc(Cl)c1. The van der Waals surface area contributed by atoms with Crippen molar-refractivity contribution in [1.29, 1.82) is 0 Å². The van der Waals surface area contributed by atoms with Crippen molar-refractivity contribution in [3.63, 3.8) is 0 Å². The molecule has 1 aromatic rings. The van der Waals surface area contributed by atoms with Gasteiger partial charge in [0.05, 0.1) is 19.6 Å². The molecule has 1 heterocycles. The molecule has 1 amide bonds. The minimum atomic E-state index is -1.07. The van der Waals surface area contributed by atoms with Crippen molar-refractivity contribution in [3.05, 3.63) is 28.2 Å². The Labute approximate surface area is 156 Å². The van der Waals surface area contributed by atoms with Crippen LogP contribution in [0.2, 0.25) is 10.0 Å². The van der Waals surface area contributed by atoms with Crippen molar-refractivity contribution >= 4 is 40.8 Å². The van der Waals surface area contributed by atoms with E-state index in [-0.39, 0.29) is 6.42 Å². The van der Waals surface area contributed by atoms with Crippen LogP contribution in [0, 0.1) is 0 Å². The average Bonchev–Trinajstić information content (AvgIpc) is 2.53. The van der Waals surface area contributed by atoms with Gasteiger partial charge in [-0.05, 0) is 18.2 Å². The molecule has 0 aromatic heterocycles. The van der Waals surface area contributed by atoms with Gasteiger partial charge in [0.1, 0.15) is 6.04 Å². The summed E-state index contributed by atoms with van der Waals surface area (Å²) in [5.74, 6) is -1.49. The number of amides is 1. The van der Waals surface area contributed by atoms with Crippen molar-refractivity contribution < 1.29 is 19.4 Å². The van der Waals surface area contributed by atoms with E-state index in [0.29, 0.717) is 42.0 Å². The molecule has 9 heteroatoms. The molecular weight excluding hydrogens is 369 g/mol. The standard InChI is InChI=1S/C16H21Cl2N3O4/c17-11-7-12(18)9-13(8-11)20-15(22)10-14(16(23)24)19-1-2-21-3-5-25-6-4-21/h7-9,14,19H,1-6,10H2,(H,20,22)(H,23,24)/t14-/m0/s1. The maximum absolute atomic E-state index is 12.1. The summed E-state index contributed by atoms with van der Waals surface area (Å²) in [5, 5.41) is 15.6. The lowest BCUT2D eigenvalue weighted by atomic mass is 10.2. The molecule has 1 aliphatic rings. The third-order valence-corrected chi connectivity index (χ3v) is 4.19. The number of morpholine rings is 1. The molecule has 1 aromatic carbocycles. The first-order chi connectivity index (χ1) is 11.9. The van der Waals surface area contributed by atoms with E-state index in [9.17, 15) is 14.7 Å². The number of benzene rings is 1. The fourth-order valence-electron chi connectivity index (χ4n) is 2.49. The Balaban J connectivity index is 1.80. The first kappa shape index (κ1) is 19.9. The van der Waals surface area contributed by atoms with E-state index in [2.05, 4.69) is 15.5 Å². The number of halogens is 2. The third kappa shape index (κ3) is 7.17. The van der Waals surface area contributed by atoms with Gasteiger partial charge in [0.2, 0.25) is 5.91 Å². The van der Waals surface area contributed by atoms with Crippen LogP contribution in [0.4, 0.5) is 5.69 Å². The molecule has 0 bridgehead atoms. The first-order valence-electron chi connectivity index (χ1n) is 7.96. The molecule has 7 nitrogen and oxygen atoms in total. The van der Waals surface area contributed by atoms with Crippen LogP contribution < -0.4 is 10.6 Å². The van der Waals surface area contributed by atoms with Gasteiger partial charge in [-0.2, -0.15) is 0 Å². The molecule has 1 aliphatic heterocycles. The Morgan fingerprint density at radius 1 is 1.20 bits per heavy atom. The lowest BCUT2D eigenvalue weighted by Crippen LogP contribution is -2.45. The van der Waals surface area contributed by atoms with Crippen LogP contribution in [0.15, 0.2) is 18.2 Å². The van der Waals surface area contributed by atoms with Crippen LogP contribution in [0.3, 0.4) is 0 Å². The summed E-state index contributed by atoms with van der Waals surface area (Å²) in [6.07, 6.45) is -0.192. The number of carbonyl (C=O) groups is 2. The molecule has 25 heavy (non-hydrogen) atoms. The van der Waals surface area contributed by atoms with Crippen molar-refractivity contribution in [2.75, 3.05) is 44.7 Å². The molecule has 1 fully saturated rings. The summed E-state index contributed by atoms with van der Waals surface area (Å²) < 4.78 is 5.26. The van der Waals surface area contributed by atoms with E-state index in [4.69, 9.17) is 27.9 Å². The lowest BCUT2D eigenvalue weighted by molar-refractivity contribution is -0.141. The minimum absolute atomic E-state index is 0.192. The van der Waals surface area contributed by atoms with E-state index >= 15 is 0 Å². The summed E-state index contributed by atoms with van der Waals surface area (Å²) in [6, 6.07) is 3.68. The van der Waals surface area contributed by atoms with Gasteiger partial charge in [0.15, 0.2) is 0 Å². The number of nitrogens with one attached hydrogen (secondary N) is 2. The van der Waals surface area contributed by atoms with Crippen LogP contribution in [0.5, 0.6) is 0 Å². The van der Waals surface area contributed by atoms with E-state index in [0.717, 1.165) is 13.1 Å². The molecule has 1 atom stereocenters. The van der Waals surface area contributed by atoms with Gasteiger partial charge < -0.3 is 20.5 Å². The normalized spacial score (nSPS) is 16.4. The Kier molecular flexibility index (Phi) is 7.92. The second kappa shape index (κ2) is 9.94. The predicted molar refractivity (Wildman–Crippen MR) is 96.4 cm³/mol. The van der Waals surface area contributed by atoms with E-state index < -0.39 is 17.9 Å². The van der Waals surface area contributed by atoms with Gasteiger partial charge in [-0.15, -0.1) is 0 Å². The molecule has 0 aliphatic carbocycles. The second-order valence-corrected chi connectivity index (χ2v) is 6.58. The molecule has 3 N–H and O–H groups in total. The van der Waals surface area contributed by atoms with Crippen LogP contribution >= 0.6 is 23.2 Å². The van der Waals surface area contributed by atoms with Crippen molar-refractivity contribution in [2.45, 2.75) is 12.5 Å². The highest BCUT2D eigenvalue weighted by atomic mass is 35.5. The Hall–Kier alpha value is -1.38. The molecule has 0 unspecified atom stereocenters. The molecule has 0 saturated carbocycles. The van der Waals surface area contributed by atoms with E-state index in [1.165, 1.54) is 0 Å². The number of rotatable bonds is 8. The summed E-state index contributed by atoms with van der Waals surface area (Å²) >= 11 is 11.8. The largest absolute Gasteiger partial charge is 0.480 e. The number of carboxylic acid groups (broad SMARTS) is 1. The highest BCUT2D eigenvalue weighted by Crippen LogP contribution is 2.22. The highest BCUT2D eigenvalue weighted by molar-refractivity contribution is 6.35. The Bertz CT molecular complexity index is 589. The zero-order valence-electron chi connectivity index (χ0n) is 13.6. The van der Waals surface area contributed by atoms with Gasteiger partial charge in [0, 0.05) is 41.9 Å². The summed E-state index contributed by atoms with van der Waals surface area (Å²) in [5.41, 5.74) is 0.431. The molecule has 0 spiro atoms. The smallest absolute Gasteiger partial charge is 0.321 e. The number of hydrogen-bond acceptors (Lipinski definition) is 5. The van der Waals surface area contributed by atoms with Gasteiger partial charge in [-0.3, -0.25) is 14.5 Å². The van der Waals surface area contributed by atoms with Crippen LogP contribution in [0.1, 0.15) is 6.42 Å². The number of nitrogens with zero attached hydrogens (tertiary/aromatic N) is 1. The average molecular weight is 390 g/mol. The predicted octanol–water partition coefficient (Wildman–Crippen LogP) is 1.70. The summed E-state index contributed by atoms with van der Waals surface area (Å²) in [4.78, 5) is 25.6. The quantitative estimate of drug-likeness (QED) is 0.626. The molecule has 2 rings (SSSR count). The van der Waals surface area contributed by atoms with Crippen molar-refractivity contribution in [1.82, 2.24) is 10.2 Å². The monoisotopic (exact) mass is 389 g/mol. The Morgan fingerprint density at radius 3 is 2.44 bits per heavy atom. The van der Waals surface area contributed by atoms with Crippen molar-refractivity contribution in [3.8, 4) is 0 Å². The number of ether oxygens (including phenoxy) is 1. The minimum Gasteiger partial charge on any atom is -0.480 e. The second-order valence-electron chi connectivity index (χ2n) is 5.71. The lowest BCUT2D eigenvalue weighted by Gasteiger charge is -2.27. The zero-order valence-corrected chi connectivity index (χ0v) is 15.1. The van der Waals surface area contributed by atoms with Crippen molar-refractivity contribution in [2.24, 2.45) is 0 Å². The number of carboxylic acids is 1. The van der Waals surface area contributed by atoms with Gasteiger partial charge in [0.25, 0.3) is 0 Å². The molecular formula is C16H21Cl2N3O4. The third-order valence-electron chi connectivity index (χ3n) is 3.76. The van der Waals surface area contributed by atoms with Crippen LogP contribution in [-0.4, -0.2) is 67.3 Å². The fourth-order valence-corrected chi connectivity index (χ4v) is 3.02. The number of aliphatic carboxylic acids is 1. The molecule has 138 valence electrons.